The summed E-state index contributed by atoms with van der Waals surface area (Å²) in [4.78, 5) is 49.5. The Morgan fingerprint density at radius 3 is 2.60 bits per heavy atom. The van der Waals surface area contributed by atoms with Gasteiger partial charge in [-0.15, -0.1) is 5.06 Å². The van der Waals surface area contributed by atoms with E-state index in [1.807, 2.05) is 0 Å². The van der Waals surface area contributed by atoms with E-state index in [4.69, 9.17) is 0 Å². The first-order chi connectivity index (χ1) is 8.99. The van der Waals surface area contributed by atoms with Crippen molar-refractivity contribution in [3.63, 3.8) is 0 Å². The maximum absolute atomic E-state index is 11.4. The summed E-state index contributed by atoms with van der Waals surface area (Å²) in [5.74, 6) is -2.64. The molecular weight excluding hydrogens is 514 g/mol. The molecule has 0 aromatic rings. The van der Waals surface area contributed by atoms with Crippen LogP contribution in [-0.2, 0) is 35.0 Å². The predicted molar refractivity (Wildman–Crippen MR) is 60.5 cm³/mol. The van der Waals surface area contributed by atoms with Gasteiger partial charge < -0.3 is 9.63 Å². The van der Waals surface area contributed by atoms with Crippen LogP contribution in [0.15, 0.2) is 11.5 Å². The molecule has 0 saturated carbocycles. The Kier molecular flexibility index (Phi) is 5.98. The largest absolute Gasteiger partial charge is 0.334 e. The second-order valence-corrected chi connectivity index (χ2v) is 4.93. The average Bonchev–Trinajstić information content (AvgIpc) is 2.84. The van der Waals surface area contributed by atoms with Crippen molar-refractivity contribution < 1.29 is 59.3 Å². The molecule has 3 amide bonds. The molecule has 2 aliphatic rings. The fraction of sp³-hybridized carbons (Fsp3) is 0.300. The number of hydrogen-bond donors (Lipinski definition) is 0. The van der Waals surface area contributed by atoms with E-state index in [-0.39, 0.29) is 50.5 Å². The zero-order valence-electron chi connectivity index (χ0n) is 10.1. The van der Waals surface area contributed by atoms with Crippen LogP contribution in [0.3, 0.4) is 0 Å². The minimum Gasteiger partial charge on any atom is -0.333 e. The van der Waals surface area contributed by atoms with Crippen LogP contribution in [0, 0.1) is 37.5 Å². The SMILES string of the molecule is O=C(CCN1C(=O)C=CS1=O)ON1C(=O)[CH-]CC1=O.[U]. The summed E-state index contributed by atoms with van der Waals surface area (Å²) in [6.45, 7) is -0.114. The number of rotatable bonds is 4. The number of carbonyl (C=O) groups excluding carboxylic acids is 4. The fourth-order valence-corrected chi connectivity index (χ4v) is 2.35. The molecule has 0 radical (unpaired) electrons. The Morgan fingerprint density at radius 1 is 1.40 bits per heavy atom. The minimum atomic E-state index is -1.58. The summed E-state index contributed by atoms with van der Waals surface area (Å²) < 4.78 is 12.3. The number of nitrogens with zero attached hydrogens (tertiary/aromatic N) is 2. The number of amides is 3. The molecule has 0 aromatic carbocycles. The minimum absolute atomic E-state index is 0. The second kappa shape index (κ2) is 7.06. The van der Waals surface area contributed by atoms with Crippen LogP contribution in [-0.4, -0.2) is 43.8 Å². The van der Waals surface area contributed by atoms with Gasteiger partial charge in [-0.1, -0.05) is 6.42 Å². The van der Waals surface area contributed by atoms with E-state index in [0.29, 0.717) is 5.06 Å². The van der Waals surface area contributed by atoms with Gasteiger partial charge in [0, 0.05) is 49.1 Å². The Labute approximate surface area is 140 Å². The van der Waals surface area contributed by atoms with Crippen LogP contribution in [0.25, 0.3) is 0 Å². The standard InChI is InChI=1S/C10H9N2O6S.U/c13-7-4-6-19(17)11(7)5-3-10(16)18-12-8(14)1-2-9(12)15;/h1,4,6H,2-3,5H2;/q-1;. The van der Waals surface area contributed by atoms with Gasteiger partial charge in [0.1, 0.15) is 16.9 Å². The van der Waals surface area contributed by atoms with E-state index in [2.05, 4.69) is 4.84 Å². The molecular formula is C10H9N2O6SU-. The monoisotopic (exact) mass is 523 g/mol. The van der Waals surface area contributed by atoms with Crippen LogP contribution in [0.2, 0.25) is 0 Å². The normalized spacial score (nSPS) is 21.0. The smallest absolute Gasteiger partial charge is 0.333 e. The predicted octanol–water partition coefficient (Wildman–Crippen LogP) is -1.18. The van der Waals surface area contributed by atoms with Gasteiger partial charge in [0.25, 0.3) is 5.91 Å². The van der Waals surface area contributed by atoms with E-state index in [9.17, 15) is 23.4 Å². The molecule has 0 aromatic heterocycles. The maximum Gasteiger partial charge on any atom is 0.334 e. The van der Waals surface area contributed by atoms with E-state index < -0.39 is 34.7 Å². The summed E-state index contributed by atoms with van der Waals surface area (Å²) in [6, 6.07) is 0. The quantitative estimate of drug-likeness (QED) is 0.340. The van der Waals surface area contributed by atoms with Crippen molar-refractivity contribution >= 4 is 34.7 Å². The van der Waals surface area contributed by atoms with Gasteiger partial charge in [-0.3, -0.25) is 20.3 Å². The molecule has 1 atom stereocenters. The van der Waals surface area contributed by atoms with Gasteiger partial charge in [0.05, 0.1) is 6.42 Å². The molecule has 0 N–H and O–H groups in total. The van der Waals surface area contributed by atoms with E-state index in [1.165, 1.54) is 5.41 Å². The molecule has 0 spiro atoms. The molecule has 2 heterocycles. The Hall–Kier alpha value is -1.11. The second-order valence-electron chi connectivity index (χ2n) is 3.67. The molecule has 2 rings (SSSR count). The molecule has 8 nitrogen and oxygen atoms in total. The van der Waals surface area contributed by atoms with E-state index in [0.717, 1.165) is 16.8 Å². The average molecular weight is 523 g/mol. The summed E-state index contributed by atoms with van der Waals surface area (Å²) in [6.07, 6.45) is 1.86. The summed E-state index contributed by atoms with van der Waals surface area (Å²) in [5.41, 5.74) is 0. The number of hydrogen-bond acceptors (Lipinski definition) is 6. The molecule has 1 unspecified atom stereocenters. The third-order valence-corrected chi connectivity index (χ3v) is 3.55. The first kappa shape index (κ1) is 16.9. The van der Waals surface area contributed by atoms with Crippen molar-refractivity contribution in [1.29, 1.82) is 0 Å². The first-order valence-electron chi connectivity index (χ1n) is 5.30. The molecule has 1 fully saturated rings. The third-order valence-electron chi connectivity index (χ3n) is 2.38. The summed E-state index contributed by atoms with van der Waals surface area (Å²) in [7, 11) is -1.58. The molecule has 106 valence electrons. The summed E-state index contributed by atoms with van der Waals surface area (Å²) >= 11 is 0. The summed E-state index contributed by atoms with van der Waals surface area (Å²) in [5, 5.41) is 1.58. The third kappa shape index (κ3) is 3.71. The molecule has 2 aliphatic heterocycles. The molecule has 20 heavy (non-hydrogen) atoms. The Bertz CT molecular complexity index is 486. The van der Waals surface area contributed by atoms with Gasteiger partial charge in [0.15, 0.2) is 0 Å². The van der Waals surface area contributed by atoms with Crippen LogP contribution in [0.4, 0.5) is 0 Å². The fourth-order valence-electron chi connectivity index (χ4n) is 1.46. The van der Waals surface area contributed by atoms with Crippen LogP contribution in [0.5, 0.6) is 0 Å². The number of hydroxylamine groups is 2. The zero-order valence-corrected chi connectivity index (χ0v) is 15.1. The van der Waals surface area contributed by atoms with Crippen molar-refractivity contribution in [2.75, 3.05) is 6.54 Å². The molecule has 0 aliphatic carbocycles. The van der Waals surface area contributed by atoms with Crippen molar-refractivity contribution in [2.24, 2.45) is 0 Å². The van der Waals surface area contributed by atoms with Crippen molar-refractivity contribution in [2.45, 2.75) is 12.8 Å². The molecule has 0 bridgehead atoms. The van der Waals surface area contributed by atoms with Gasteiger partial charge in [-0.05, 0) is 0 Å². The van der Waals surface area contributed by atoms with Crippen LogP contribution in [0.1, 0.15) is 12.8 Å². The van der Waals surface area contributed by atoms with Gasteiger partial charge >= 0.3 is 5.97 Å². The van der Waals surface area contributed by atoms with Gasteiger partial charge in [0.2, 0.25) is 5.91 Å². The van der Waals surface area contributed by atoms with Gasteiger partial charge in [-0.2, -0.15) is 0 Å². The van der Waals surface area contributed by atoms with Crippen molar-refractivity contribution in [1.82, 2.24) is 9.37 Å². The van der Waals surface area contributed by atoms with Gasteiger partial charge in [-0.25, -0.2) is 9.00 Å². The number of carbonyl (C=O) groups is 4. The number of imide groups is 1. The van der Waals surface area contributed by atoms with Crippen LogP contribution >= 0.6 is 0 Å². The van der Waals surface area contributed by atoms with Crippen LogP contribution < -0.4 is 0 Å². The van der Waals surface area contributed by atoms with Crippen molar-refractivity contribution in [3.05, 3.63) is 17.9 Å². The van der Waals surface area contributed by atoms with E-state index in [1.54, 1.807) is 0 Å². The molecule has 10 heteroatoms. The van der Waals surface area contributed by atoms with Crippen molar-refractivity contribution in [3.8, 4) is 0 Å². The zero-order chi connectivity index (χ0) is 14.0. The maximum atomic E-state index is 11.4. The Morgan fingerprint density at radius 2 is 2.10 bits per heavy atom. The van der Waals surface area contributed by atoms with E-state index >= 15 is 0 Å². The Balaban J connectivity index is 0.00000200. The topological polar surface area (TPSA) is 101 Å². The molecule has 1 saturated heterocycles. The first-order valence-corrected chi connectivity index (χ1v) is 6.47.